The van der Waals surface area contributed by atoms with Crippen molar-refractivity contribution in [1.29, 1.82) is 5.26 Å². The number of benzene rings is 2. The van der Waals surface area contributed by atoms with Gasteiger partial charge in [0, 0.05) is 16.9 Å². The fraction of sp³-hybridized carbons (Fsp3) is 0.118. The van der Waals surface area contributed by atoms with Gasteiger partial charge in [-0.25, -0.2) is 0 Å². The van der Waals surface area contributed by atoms with Crippen molar-refractivity contribution >= 4 is 23.2 Å². The van der Waals surface area contributed by atoms with Crippen molar-refractivity contribution in [1.82, 2.24) is 0 Å². The van der Waals surface area contributed by atoms with Crippen molar-refractivity contribution in [2.75, 3.05) is 17.7 Å². The van der Waals surface area contributed by atoms with Gasteiger partial charge in [0.05, 0.1) is 13.2 Å². The molecule has 0 fully saturated rings. The second-order valence-electron chi connectivity index (χ2n) is 4.65. The van der Waals surface area contributed by atoms with E-state index in [1.54, 1.807) is 54.6 Å². The average Bonchev–Trinajstić information content (AvgIpc) is 2.57. The topological polar surface area (TPSA) is 91.2 Å². The van der Waals surface area contributed by atoms with Crippen LogP contribution in [-0.4, -0.2) is 18.9 Å². The number of hydrogen-bond donors (Lipinski definition) is 2. The lowest BCUT2D eigenvalue weighted by atomic mass is 10.2. The molecule has 0 aromatic heterocycles. The monoisotopic (exact) mass is 309 g/mol. The highest BCUT2D eigenvalue weighted by molar-refractivity contribution is 6.04. The normalized spacial score (nSPS) is 9.57. The summed E-state index contributed by atoms with van der Waals surface area (Å²) >= 11 is 0. The number of methoxy groups -OCH3 is 1. The van der Waals surface area contributed by atoms with Gasteiger partial charge in [0.25, 0.3) is 5.91 Å². The second-order valence-corrected chi connectivity index (χ2v) is 4.65. The molecule has 0 saturated carbocycles. The first-order valence-electron chi connectivity index (χ1n) is 6.84. The number of hydrogen-bond acceptors (Lipinski definition) is 4. The zero-order valence-electron chi connectivity index (χ0n) is 12.5. The van der Waals surface area contributed by atoms with Crippen LogP contribution in [0, 0.1) is 11.3 Å². The van der Waals surface area contributed by atoms with E-state index in [1.807, 2.05) is 0 Å². The average molecular weight is 309 g/mol. The lowest BCUT2D eigenvalue weighted by Crippen LogP contribution is -2.12. The highest BCUT2D eigenvalue weighted by Crippen LogP contribution is 2.17. The fourth-order valence-corrected chi connectivity index (χ4v) is 1.88. The zero-order chi connectivity index (χ0) is 16.7. The maximum absolute atomic E-state index is 12.2. The summed E-state index contributed by atoms with van der Waals surface area (Å²) in [5.74, 6) is -0.0287. The lowest BCUT2D eigenvalue weighted by molar-refractivity contribution is -0.115. The molecular weight excluding hydrogens is 294 g/mol. The van der Waals surface area contributed by atoms with Gasteiger partial charge in [0.2, 0.25) is 5.91 Å². The van der Waals surface area contributed by atoms with Gasteiger partial charge in [-0.05, 0) is 42.5 Å². The van der Waals surface area contributed by atoms with E-state index >= 15 is 0 Å². The summed E-state index contributed by atoms with van der Waals surface area (Å²) in [6, 6.07) is 15.2. The number of ether oxygens (including phenoxy) is 1. The molecule has 116 valence electrons. The number of amides is 2. The maximum Gasteiger partial charge on any atom is 0.255 e. The predicted octanol–water partition coefficient (Wildman–Crippen LogP) is 2.80. The molecule has 0 unspecified atom stereocenters. The van der Waals surface area contributed by atoms with Gasteiger partial charge in [0.15, 0.2) is 0 Å². The number of rotatable bonds is 5. The Kier molecular flexibility index (Phi) is 5.31. The van der Waals surface area contributed by atoms with Gasteiger partial charge < -0.3 is 15.4 Å². The van der Waals surface area contributed by atoms with Gasteiger partial charge in [0.1, 0.15) is 12.2 Å². The Hall–Kier alpha value is -3.33. The summed E-state index contributed by atoms with van der Waals surface area (Å²) in [5, 5.41) is 13.8. The van der Waals surface area contributed by atoms with Crippen molar-refractivity contribution in [3.63, 3.8) is 0 Å². The van der Waals surface area contributed by atoms with Gasteiger partial charge in [-0.2, -0.15) is 5.26 Å². The van der Waals surface area contributed by atoms with Crippen molar-refractivity contribution < 1.29 is 14.3 Å². The highest BCUT2D eigenvalue weighted by Gasteiger charge is 2.07. The lowest BCUT2D eigenvalue weighted by Gasteiger charge is -2.08. The maximum atomic E-state index is 12.2. The molecule has 0 radical (unpaired) electrons. The van der Waals surface area contributed by atoms with Crippen molar-refractivity contribution in [2.24, 2.45) is 0 Å². The summed E-state index contributed by atoms with van der Waals surface area (Å²) < 4.78 is 5.08. The molecule has 6 heteroatoms. The van der Waals surface area contributed by atoms with Gasteiger partial charge in [-0.15, -0.1) is 0 Å². The molecule has 0 heterocycles. The Morgan fingerprint density at radius 3 is 2.35 bits per heavy atom. The van der Waals surface area contributed by atoms with E-state index in [0.717, 1.165) is 0 Å². The molecule has 0 aliphatic rings. The molecule has 0 saturated heterocycles. The van der Waals surface area contributed by atoms with Gasteiger partial charge in [-0.3, -0.25) is 9.59 Å². The first-order valence-corrected chi connectivity index (χ1v) is 6.84. The Labute approximate surface area is 133 Å². The van der Waals surface area contributed by atoms with Crippen molar-refractivity contribution in [3.8, 4) is 11.8 Å². The first-order chi connectivity index (χ1) is 11.1. The van der Waals surface area contributed by atoms with Crippen LogP contribution in [0.2, 0.25) is 0 Å². The van der Waals surface area contributed by atoms with Crippen molar-refractivity contribution in [3.05, 3.63) is 54.1 Å². The van der Waals surface area contributed by atoms with E-state index in [-0.39, 0.29) is 18.2 Å². The number of nitrogens with one attached hydrogen (secondary N) is 2. The van der Waals surface area contributed by atoms with E-state index in [9.17, 15) is 9.59 Å². The summed E-state index contributed by atoms with van der Waals surface area (Å²) in [4.78, 5) is 23.5. The summed E-state index contributed by atoms with van der Waals surface area (Å²) in [5.41, 5.74) is 1.64. The minimum atomic E-state index is -0.374. The van der Waals surface area contributed by atoms with E-state index in [0.29, 0.717) is 22.7 Å². The molecule has 23 heavy (non-hydrogen) atoms. The minimum Gasteiger partial charge on any atom is -0.497 e. The van der Waals surface area contributed by atoms with Crippen LogP contribution in [0.3, 0.4) is 0 Å². The highest BCUT2D eigenvalue weighted by atomic mass is 16.5. The quantitative estimate of drug-likeness (QED) is 0.888. The van der Waals surface area contributed by atoms with Crippen LogP contribution in [0.4, 0.5) is 11.4 Å². The summed E-state index contributed by atoms with van der Waals surface area (Å²) in [6.07, 6.45) is -0.200. The van der Waals surface area contributed by atoms with Crippen LogP contribution in [0.1, 0.15) is 16.8 Å². The van der Waals surface area contributed by atoms with Crippen LogP contribution < -0.4 is 15.4 Å². The molecular formula is C17H15N3O3. The predicted molar refractivity (Wildman–Crippen MR) is 86.2 cm³/mol. The number of carbonyl (C=O) groups excluding carboxylic acids is 2. The number of carbonyl (C=O) groups is 2. The summed E-state index contributed by atoms with van der Waals surface area (Å²) in [7, 11) is 1.54. The Morgan fingerprint density at radius 2 is 1.74 bits per heavy atom. The third-order valence-electron chi connectivity index (χ3n) is 3.00. The smallest absolute Gasteiger partial charge is 0.255 e. The molecule has 2 rings (SSSR count). The van der Waals surface area contributed by atoms with E-state index in [1.165, 1.54) is 7.11 Å². The van der Waals surface area contributed by atoms with Crippen molar-refractivity contribution in [2.45, 2.75) is 6.42 Å². The largest absolute Gasteiger partial charge is 0.497 e. The Morgan fingerprint density at radius 1 is 1.09 bits per heavy atom. The second kappa shape index (κ2) is 7.61. The van der Waals surface area contributed by atoms with E-state index < -0.39 is 0 Å². The van der Waals surface area contributed by atoms with Crippen LogP contribution in [0.25, 0.3) is 0 Å². The van der Waals surface area contributed by atoms with Crippen LogP contribution in [0.15, 0.2) is 48.5 Å². The SMILES string of the molecule is COc1cccc(C(=O)Nc2ccc(NC(=O)CC#N)cc2)c1. The molecule has 0 aliphatic carbocycles. The minimum absolute atomic E-state index is 0.200. The third kappa shape index (κ3) is 4.58. The molecule has 0 spiro atoms. The van der Waals surface area contributed by atoms with Crippen LogP contribution in [0.5, 0.6) is 5.75 Å². The van der Waals surface area contributed by atoms with E-state index in [2.05, 4.69) is 10.6 Å². The zero-order valence-corrected chi connectivity index (χ0v) is 12.5. The number of nitriles is 1. The molecule has 2 amide bonds. The first kappa shape index (κ1) is 16.0. The molecule has 2 aromatic rings. The molecule has 6 nitrogen and oxygen atoms in total. The van der Waals surface area contributed by atoms with Crippen LogP contribution in [-0.2, 0) is 4.79 Å². The Bertz CT molecular complexity index is 748. The number of nitrogens with zero attached hydrogens (tertiary/aromatic N) is 1. The fourth-order valence-electron chi connectivity index (χ4n) is 1.88. The Balaban J connectivity index is 2.01. The molecule has 0 bridgehead atoms. The van der Waals surface area contributed by atoms with Crippen LogP contribution >= 0.6 is 0 Å². The molecule has 0 aliphatic heterocycles. The standard InChI is InChI=1S/C17H15N3O3/c1-23-15-4-2-3-12(11-15)17(22)20-14-7-5-13(6-8-14)19-16(21)9-10-18/h2-8,11H,9H2,1H3,(H,19,21)(H,20,22). The molecule has 0 atom stereocenters. The van der Waals surface area contributed by atoms with Gasteiger partial charge >= 0.3 is 0 Å². The third-order valence-corrected chi connectivity index (χ3v) is 3.00. The molecule has 2 aromatic carbocycles. The summed E-state index contributed by atoms with van der Waals surface area (Å²) in [6.45, 7) is 0. The number of anilines is 2. The molecule has 2 N–H and O–H groups in total. The van der Waals surface area contributed by atoms with Gasteiger partial charge in [-0.1, -0.05) is 6.07 Å². The van der Waals surface area contributed by atoms with E-state index in [4.69, 9.17) is 10.00 Å².